The highest BCUT2D eigenvalue weighted by molar-refractivity contribution is 5.99. The molecule has 0 aliphatic heterocycles. The summed E-state index contributed by atoms with van der Waals surface area (Å²) in [6.07, 6.45) is 6.59. The summed E-state index contributed by atoms with van der Waals surface area (Å²) in [6, 6.07) is 5.49. The number of hydrogen-bond donors (Lipinski definition) is 2. The van der Waals surface area contributed by atoms with Crippen LogP contribution in [-0.2, 0) is 6.54 Å². The van der Waals surface area contributed by atoms with Crippen LogP contribution >= 0.6 is 0 Å². The first kappa shape index (κ1) is 12.0. The van der Waals surface area contributed by atoms with Gasteiger partial charge in [-0.3, -0.25) is 14.8 Å². The van der Waals surface area contributed by atoms with Gasteiger partial charge >= 0.3 is 0 Å². The van der Waals surface area contributed by atoms with Crippen molar-refractivity contribution < 1.29 is 4.79 Å². The Labute approximate surface area is 105 Å². The highest BCUT2D eigenvalue weighted by atomic mass is 16.1. The number of pyridine rings is 2. The number of rotatable bonds is 4. The van der Waals surface area contributed by atoms with Crippen LogP contribution in [0.5, 0.6) is 0 Å². The van der Waals surface area contributed by atoms with Crippen LogP contribution in [0.3, 0.4) is 0 Å². The van der Waals surface area contributed by atoms with Crippen LogP contribution in [-0.4, -0.2) is 22.9 Å². The standard InChI is InChI=1S/C13H14N4O/c1-14-12-4-7-16-9-11(12)13(18)17-8-10-2-5-15-6-3-10/h2-7,9H,8H2,1H3,(H,14,16)(H,17,18). The van der Waals surface area contributed by atoms with Crippen LogP contribution in [0.4, 0.5) is 5.69 Å². The van der Waals surface area contributed by atoms with Crippen molar-refractivity contribution in [3.8, 4) is 0 Å². The van der Waals surface area contributed by atoms with Gasteiger partial charge in [-0.15, -0.1) is 0 Å². The third kappa shape index (κ3) is 2.82. The van der Waals surface area contributed by atoms with Crippen LogP contribution in [0.2, 0.25) is 0 Å². The van der Waals surface area contributed by atoms with Gasteiger partial charge in [-0.2, -0.15) is 0 Å². The van der Waals surface area contributed by atoms with Gasteiger partial charge in [-0.05, 0) is 23.8 Å². The predicted molar refractivity (Wildman–Crippen MR) is 69.2 cm³/mol. The number of amides is 1. The van der Waals surface area contributed by atoms with Crippen molar-refractivity contribution in [1.29, 1.82) is 0 Å². The van der Waals surface area contributed by atoms with Gasteiger partial charge in [0.05, 0.1) is 5.56 Å². The van der Waals surface area contributed by atoms with E-state index in [1.165, 1.54) is 0 Å². The molecule has 2 aromatic rings. The van der Waals surface area contributed by atoms with E-state index in [4.69, 9.17) is 0 Å². The number of nitrogens with one attached hydrogen (secondary N) is 2. The van der Waals surface area contributed by atoms with Gasteiger partial charge in [-0.25, -0.2) is 0 Å². The molecule has 5 heteroatoms. The first-order valence-corrected chi connectivity index (χ1v) is 5.60. The Morgan fingerprint density at radius 1 is 1.17 bits per heavy atom. The Balaban J connectivity index is 2.04. The lowest BCUT2D eigenvalue weighted by Gasteiger charge is -2.08. The number of carbonyl (C=O) groups excluding carboxylic acids is 1. The van der Waals surface area contributed by atoms with E-state index in [9.17, 15) is 4.79 Å². The van der Waals surface area contributed by atoms with E-state index in [-0.39, 0.29) is 5.91 Å². The lowest BCUT2D eigenvalue weighted by Crippen LogP contribution is -2.23. The zero-order valence-electron chi connectivity index (χ0n) is 10.1. The molecule has 2 heterocycles. The van der Waals surface area contributed by atoms with Gasteiger partial charge in [0.25, 0.3) is 5.91 Å². The fourth-order valence-electron chi connectivity index (χ4n) is 1.57. The summed E-state index contributed by atoms with van der Waals surface area (Å²) in [6.45, 7) is 0.472. The number of hydrogen-bond acceptors (Lipinski definition) is 4. The van der Waals surface area contributed by atoms with Gasteiger partial charge in [0.15, 0.2) is 0 Å². The minimum Gasteiger partial charge on any atom is -0.387 e. The van der Waals surface area contributed by atoms with E-state index < -0.39 is 0 Å². The summed E-state index contributed by atoms with van der Waals surface area (Å²) in [4.78, 5) is 19.9. The molecule has 0 aliphatic carbocycles. The van der Waals surface area contributed by atoms with Gasteiger partial charge < -0.3 is 10.6 Å². The number of nitrogens with zero attached hydrogens (tertiary/aromatic N) is 2. The van der Waals surface area contributed by atoms with Crippen molar-refractivity contribution in [3.05, 3.63) is 54.1 Å². The Bertz CT molecular complexity index is 528. The van der Waals surface area contributed by atoms with Gasteiger partial charge in [0, 0.05) is 44.1 Å². The predicted octanol–water partition coefficient (Wildman–Crippen LogP) is 1.45. The number of aromatic nitrogens is 2. The fraction of sp³-hybridized carbons (Fsp3) is 0.154. The summed E-state index contributed by atoms with van der Waals surface area (Å²) in [5.41, 5.74) is 2.31. The molecule has 2 aromatic heterocycles. The SMILES string of the molecule is CNc1ccncc1C(=O)NCc1ccncc1. The van der Waals surface area contributed by atoms with Crippen molar-refractivity contribution >= 4 is 11.6 Å². The van der Waals surface area contributed by atoms with Gasteiger partial charge in [0.2, 0.25) is 0 Å². The van der Waals surface area contributed by atoms with Crippen molar-refractivity contribution in [3.63, 3.8) is 0 Å². The van der Waals surface area contributed by atoms with Crippen molar-refractivity contribution in [2.24, 2.45) is 0 Å². The lowest BCUT2D eigenvalue weighted by molar-refractivity contribution is 0.0951. The van der Waals surface area contributed by atoms with Gasteiger partial charge in [-0.1, -0.05) is 0 Å². The molecule has 2 N–H and O–H groups in total. The van der Waals surface area contributed by atoms with E-state index in [1.54, 1.807) is 37.9 Å². The molecule has 92 valence electrons. The van der Waals surface area contributed by atoms with Crippen LogP contribution in [0.25, 0.3) is 0 Å². The summed E-state index contributed by atoms with van der Waals surface area (Å²) in [5.74, 6) is -0.149. The molecule has 0 aromatic carbocycles. The maximum absolute atomic E-state index is 12.0. The smallest absolute Gasteiger partial charge is 0.255 e. The van der Waals surface area contributed by atoms with Crippen LogP contribution in [0.1, 0.15) is 15.9 Å². The summed E-state index contributed by atoms with van der Waals surface area (Å²) < 4.78 is 0. The normalized spacial score (nSPS) is 9.83. The van der Waals surface area contributed by atoms with Crippen molar-refractivity contribution in [2.45, 2.75) is 6.54 Å². The Hall–Kier alpha value is -2.43. The Morgan fingerprint density at radius 2 is 1.89 bits per heavy atom. The minimum atomic E-state index is -0.149. The monoisotopic (exact) mass is 242 g/mol. The zero-order chi connectivity index (χ0) is 12.8. The maximum atomic E-state index is 12.0. The van der Waals surface area contributed by atoms with E-state index in [0.717, 1.165) is 11.3 Å². The molecule has 0 atom stereocenters. The molecule has 0 saturated heterocycles. The molecule has 0 radical (unpaired) electrons. The second-order valence-electron chi connectivity index (χ2n) is 3.71. The summed E-state index contributed by atoms with van der Waals surface area (Å²) in [5, 5.41) is 5.81. The average molecular weight is 242 g/mol. The third-order valence-electron chi connectivity index (χ3n) is 2.54. The molecular formula is C13H14N4O. The summed E-state index contributed by atoms with van der Waals surface area (Å²) >= 11 is 0. The molecule has 1 amide bonds. The molecule has 18 heavy (non-hydrogen) atoms. The highest BCUT2D eigenvalue weighted by Gasteiger charge is 2.09. The second-order valence-corrected chi connectivity index (χ2v) is 3.71. The Kier molecular flexibility index (Phi) is 3.86. The highest BCUT2D eigenvalue weighted by Crippen LogP contribution is 2.12. The van der Waals surface area contributed by atoms with E-state index >= 15 is 0 Å². The third-order valence-corrected chi connectivity index (χ3v) is 2.54. The van der Waals surface area contributed by atoms with E-state index in [1.807, 2.05) is 12.1 Å². The number of carbonyl (C=O) groups is 1. The minimum absolute atomic E-state index is 0.149. The molecule has 2 rings (SSSR count). The largest absolute Gasteiger partial charge is 0.387 e. The molecule has 0 bridgehead atoms. The van der Waals surface area contributed by atoms with Crippen molar-refractivity contribution in [1.82, 2.24) is 15.3 Å². The van der Waals surface area contributed by atoms with Gasteiger partial charge in [0.1, 0.15) is 0 Å². The quantitative estimate of drug-likeness (QED) is 0.851. The molecule has 0 fully saturated rings. The first-order chi connectivity index (χ1) is 8.81. The van der Waals surface area contributed by atoms with Crippen LogP contribution in [0.15, 0.2) is 43.0 Å². The van der Waals surface area contributed by atoms with Crippen LogP contribution in [0, 0.1) is 0 Å². The van der Waals surface area contributed by atoms with Crippen LogP contribution < -0.4 is 10.6 Å². The molecule has 0 aliphatic rings. The van der Waals surface area contributed by atoms with Crippen molar-refractivity contribution in [2.75, 3.05) is 12.4 Å². The zero-order valence-corrected chi connectivity index (χ0v) is 10.1. The molecule has 0 unspecified atom stereocenters. The molecule has 0 spiro atoms. The fourth-order valence-corrected chi connectivity index (χ4v) is 1.57. The maximum Gasteiger partial charge on any atom is 0.255 e. The average Bonchev–Trinajstić information content (AvgIpc) is 2.45. The first-order valence-electron chi connectivity index (χ1n) is 5.60. The molecule has 5 nitrogen and oxygen atoms in total. The molecular weight excluding hydrogens is 228 g/mol. The topological polar surface area (TPSA) is 66.9 Å². The second kappa shape index (κ2) is 5.77. The van der Waals surface area contributed by atoms with E-state index in [2.05, 4.69) is 20.6 Å². The van der Waals surface area contributed by atoms with E-state index in [0.29, 0.717) is 12.1 Å². The summed E-state index contributed by atoms with van der Waals surface area (Å²) in [7, 11) is 1.77. The molecule has 0 saturated carbocycles. The number of anilines is 1. The lowest BCUT2D eigenvalue weighted by atomic mass is 10.2. The Morgan fingerprint density at radius 3 is 2.61 bits per heavy atom.